The first-order valence-corrected chi connectivity index (χ1v) is 5.95. The van der Waals surface area contributed by atoms with Crippen molar-refractivity contribution >= 4 is 0 Å². The van der Waals surface area contributed by atoms with Crippen LogP contribution in [0.25, 0.3) is 0 Å². The van der Waals surface area contributed by atoms with Crippen LogP contribution in [0.3, 0.4) is 0 Å². The zero-order valence-corrected chi connectivity index (χ0v) is 10.3. The Balaban J connectivity index is 0.000000146. The van der Waals surface area contributed by atoms with Gasteiger partial charge in [0.15, 0.2) is 0 Å². The highest BCUT2D eigenvalue weighted by Crippen LogP contribution is 2.13. The Kier molecular flexibility index (Phi) is 4.90. The number of hydrogen-bond donors (Lipinski definition) is 0. The average Bonchev–Trinajstić information content (AvgIpc) is 2.09. The minimum atomic E-state index is 0.968. The normalized spacial score (nSPS) is 26.6. The number of piperidine rings is 1. The summed E-state index contributed by atoms with van der Waals surface area (Å²) in [5.74, 6) is 1.95. The van der Waals surface area contributed by atoms with Crippen LogP contribution in [-0.4, -0.2) is 50.1 Å². The van der Waals surface area contributed by atoms with E-state index in [4.69, 9.17) is 0 Å². The van der Waals surface area contributed by atoms with E-state index >= 15 is 0 Å². The second-order valence-corrected chi connectivity index (χ2v) is 5.31. The highest BCUT2D eigenvalue weighted by Gasteiger charge is 2.16. The molecule has 0 spiro atoms. The summed E-state index contributed by atoms with van der Waals surface area (Å²) in [5, 5.41) is 0. The SMILES string of the molecule is CC1CCN(C)CC1.CC1CN(C)C1. The molecule has 2 aliphatic heterocycles. The number of nitrogens with zero attached hydrogens (tertiary/aromatic N) is 2. The largest absolute Gasteiger partial charge is 0.306 e. The van der Waals surface area contributed by atoms with Crippen LogP contribution in [0.5, 0.6) is 0 Å². The Labute approximate surface area is 89.3 Å². The average molecular weight is 198 g/mol. The molecule has 2 heterocycles. The molecule has 2 rings (SSSR count). The predicted molar refractivity (Wildman–Crippen MR) is 62.6 cm³/mol. The first-order chi connectivity index (χ1) is 6.58. The molecule has 0 unspecified atom stereocenters. The van der Waals surface area contributed by atoms with Crippen molar-refractivity contribution in [3.63, 3.8) is 0 Å². The number of likely N-dealkylation sites (tertiary alicyclic amines) is 2. The van der Waals surface area contributed by atoms with Gasteiger partial charge in [-0.25, -0.2) is 0 Å². The van der Waals surface area contributed by atoms with Gasteiger partial charge in [-0.3, -0.25) is 0 Å². The zero-order valence-electron chi connectivity index (χ0n) is 10.3. The zero-order chi connectivity index (χ0) is 10.6. The summed E-state index contributed by atoms with van der Waals surface area (Å²) < 4.78 is 0. The third-order valence-corrected chi connectivity index (χ3v) is 3.25. The van der Waals surface area contributed by atoms with E-state index in [9.17, 15) is 0 Å². The fourth-order valence-electron chi connectivity index (χ4n) is 2.15. The first kappa shape index (κ1) is 12.0. The van der Waals surface area contributed by atoms with Crippen LogP contribution < -0.4 is 0 Å². The number of rotatable bonds is 0. The van der Waals surface area contributed by atoms with Gasteiger partial charge < -0.3 is 9.80 Å². The summed E-state index contributed by atoms with van der Waals surface area (Å²) >= 11 is 0. The van der Waals surface area contributed by atoms with Crippen LogP contribution in [0.4, 0.5) is 0 Å². The minimum Gasteiger partial charge on any atom is -0.306 e. The van der Waals surface area contributed by atoms with E-state index in [-0.39, 0.29) is 0 Å². The Hall–Kier alpha value is -0.0800. The van der Waals surface area contributed by atoms with E-state index < -0.39 is 0 Å². The van der Waals surface area contributed by atoms with Crippen LogP contribution in [0.2, 0.25) is 0 Å². The maximum absolute atomic E-state index is 2.40. The number of hydrogen-bond acceptors (Lipinski definition) is 2. The van der Waals surface area contributed by atoms with E-state index in [1.165, 1.54) is 39.0 Å². The van der Waals surface area contributed by atoms with Gasteiger partial charge >= 0.3 is 0 Å². The third-order valence-electron chi connectivity index (χ3n) is 3.25. The fourth-order valence-corrected chi connectivity index (χ4v) is 2.15. The Morgan fingerprint density at radius 3 is 1.50 bits per heavy atom. The van der Waals surface area contributed by atoms with Gasteiger partial charge in [-0.1, -0.05) is 13.8 Å². The molecule has 2 heteroatoms. The van der Waals surface area contributed by atoms with Gasteiger partial charge in [-0.2, -0.15) is 0 Å². The van der Waals surface area contributed by atoms with Crippen molar-refractivity contribution in [1.82, 2.24) is 9.80 Å². The van der Waals surface area contributed by atoms with Gasteiger partial charge in [-0.15, -0.1) is 0 Å². The molecule has 0 bridgehead atoms. The van der Waals surface area contributed by atoms with E-state index in [0.717, 1.165) is 11.8 Å². The smallest absolute Gasteiger partial charge is 0.00163 e. The Bertz CT molecular complexity index is 128. The van der Waals surface area contributed by atoms with E-state index in [1.54, 1.807) is 0 Å². The van der Waals surface area contributed by atoms with Crippen LogP contribution >= 0.6 is 0 Å². The summed E-state index contributed by atoms with van der Waals surface area (Å²) in [6, 6.07) is 0. The minimum absolute atomic E-state index is 0.968. The van der Waals surface area contributed by atoms with Crippen LogP contribution in [0, 0.1) is 11.8 Å². The highest BCUT2D eigenvalue weighted by atomic mass is 15.2. The summed E-state index contributed by atoms with van der Waals surface area (Å²) in [7, 11) is 4.35. The molecular weight excluding hydrogens is 172 g/mol. The molecule has 0 aromatic heterocycles. The molecule has 2 nitrogen and oxygen atoms in total. The first-order valence-electron chi connectivity index (χ1n) is 5.95. The summed E-state index contributed by atoms with van der Waals surface area (Å²) in [5.41, 5.74) is 0. The topological polar surface area (TPSA) is 6.48 Å². The highest BCUT2D eigenvalue weighted by molar-refractivity contribution is 4.71. The molecule has 0 saturated carbocycles. The molecule has 2 aliphatic rings. The standard InChI is InChI=1S/C7H15N.C5H11N/c1-7-3-5-8(2)6-4-7;1-5-3-6(2)4-5/h7H,3-6H2,1-2H3;5H,3-4H2,1-2H3. The molecule has 14 heavy (non-hydrogen) atoms. The van der Waals surface area contributed by atoms with Gasteiger partial charge in [0.05, 0.1) is 0 Å². The molecule has 84 valence electrons. The molecule has 0 aromatic carbocycles. The van der Waals surface area contributed by atoms with Crippen LogP contribution in [-0.2, 0) is 0 Å². The molecule has 0 radical (unpaired) electrons. The molecule has 0 aromatic rings. The lowest BCUT2D eigenvalue weighted by molar-refractivity contribution is 0.149. The van der Waals surface area contributed by atoms with Crippen molar-refractivity contribution in [2.75, 3.05) is 40.3 Å². The monoisotopic (exact) mass is 198 g/mol. The molecular formula is C12H26N2. The maximum Gasteiger partial charge on any atom is 0.00163 e. The summed E-state index contributed by atoms with van der Waals surface area (Å²) in [6.45, 7) is 9.84. The quantitative estimate of drug-likeness (QED) is 0.587. The molecule has 0 atom stereocenters. The maximum atomic E-state index is 2.40. The second kappa shape index (κ2) is 5.72. The molecule has 2 fully saturated rings. The second-order valence-electron chi connectivity index (χ2n) is 5.31. The van der Waals surface area contributed by atoms with Crippen molar-refractivity contribution in [3.05, 3.63) is 0 Å². The predicted octanol–water partition coefficient (Wildman–Crippen LogP) is 1.92. The van der Waals surface area contributed by atoms with Crippen molar-refractivity contribution in [3.8, 4) is 0 Å². The van der Waals surface area contributed by atoms with Crippen molar-refractivity contribution in [2.24, 2.45) is 11.8 Å². The Morgan fingerprint density at radius 2 is 1.29 bits per heavy atom. The molecule has 2 saturated heterocycles. The molecule has 0 N–H and O–H groups in total. The van der Waals surface area contributed by atoms with Gasteiger partial charge in [0.2, 0.25) is 0 Å². The van der Waals surface area contributed by atoms with Gasteiger partial charge in [0.25, 0.3) is 0 Å². The van der Waals surface area contributed by atoms with Gasteiger partial charge in [-0.05, 0) is 51.9 Å². The third kappa shape index (κ3) is 4.43. The van der Waals surface area contributed by atoms with Crippen LogP contribution in [0.1, 0.15) is 26.7 Å². The van der Waals surface area contributed by atoms with E-state index in [2.05, 4.69) is 37.7 Å². The lowest BCUT2D eigenvalue weighted by Crippen LogP contribution is -2.41. The van der Waals surface area contributed by atoms with E-state index in [1.807, 2.05) is 0 Å². The lowest BCUT2D eigenvalue weighted by Gasteiger charge is -2.33. The van der Waals surface area contributed by atoms with E-state index in [0.29, 0.717) is 0 Å². The van der Waals surface area contributed by atoms with Crippen molar-refractivity contribution in [1.29, 1.82) is 0 Å². The van der Waals surface area contributed by atoms with Gasteiger partial charge in [0.1, 0.15) is 0 Å². The lowest BCUT2D eigenvalue weighted by atomic mass is 10.00. The molecule has 0 aliphatic carbocycles. The fraction of sp³-hybridized carbons (Fsp3) is 1.00. The van der Waals surface area contributed by atoms with Crippen molar-refractivity contribution in [2.45, 2.75) is 26.7 Å². The van der Waals surface area contributed by atoms with Crippen LogP contribution in [0.15, 0.2) is 0 Å². The molecule has 0 amide bonds. The summed E-state index contributed by atoms with van der Waals surface area (Å²) in [6.07, 6.45) is 2.80. The van der Waals surface area contributed by atoms with Crippen molar-refractivity contribution < 1.29 is 0 Å². The Morgan fingerprint density at radius 1 is 0.786 bits per heavy atom. The van der Waals surface area contributed by atoms with Gasteiger partial charge in [0, 0.05) is 13.1 Å². The summed E-state index contributed by atoms with van der Waals surface area (Å²) in [4.78, 5) is 4.73.